The standard InChI is InChI=1S/C13H25N.C2H6/c1-13(2,3)11-7-6-10-14-9-5-4-8-12(11)14;1-2/h11-12H,4-10H2,1-3H3;1-2H3. The summed E-state index contributed by atoms with van der Waals surface area (Å²) in [6.07, 6.45) is 7.26. The number of nitrogens with zero attached hydrogens (tertiary/aromatic N) is 1. The third-order valence-corrected chi connectivity index (χ3v) is 4.20. The van der Waals surface area contributed by atoms with E-state index in [-0.39, 0.29) is 0 Å². The van der Waals surface area contributed by atoms with E-state index in [0.29, 0.717) is 5.41 Å². The number of hydrogen-bond acceptors (Lipinski definition) is 1. The van der Waals surface area contributed by atoms with Crippen molar-refractivity contribution in [3.63, 3.8) is 0 Å². The Morgan fingerprint density at radius 1 is 0.875 bits per heavy atom. The predicted molar refractivity (Wildman–Crippen MR) is 72.7 cm³/mol. The Kier molecular flexibility index (Phi) is 5.30. The lowest BCUT2D eigenvalue weighted by molar-refractivity contribution is 0.00850. The van der Waals surface area contributed by atoms with Crippen molar-refractivity contribution >= 4 is 0 Å². The molecule has 0 aromatic rings. The van der Waals surface area contributed by atoms with Crippen molar-refractivity contribution in [1.29, 1.82) is 0 Å². The summed E-state index contributed by atoms with van der Waals surface area (Å²) >= 11 is 0. The van der Waals surface area contributed by atoms with Crippen molar-refractivity contribution < 1.29 is 0 Å². The molecule has 2 aliphatic heterocycles. The third kappa shape index (κ3) is 3.23. The maximum Gasteiger partial charge on any atom is 0.0128 e. The van der Waals surface area contributed by atoms with Gasteiger partial charge in [0.2, 0.25) is 0 Å². The zero-order valence-corrected chi connectivity index (χ0v) is 12.1. The first-order valence-electron chi connectivity index (χ1n) is 7.33. The highest BCUT2D eigenvalue weighted by molar-refractivity contribution is 4.92. The fraction of sp³-hybridized carbons (Fsp3) is 1.00. The van der Waals surface area contributed by atoms with Gasteiger partial charge in [0, 0.05) is 6.04 Å². The summed E-state index contributed by atoms with van der Waals surface area (Å²) in [6, 6.07) is 0.914. The molecule has 2 unspecified atom stereocenters. The molecular formula is C15H31N. The van der Waals surface area contributed by atoms with Gasteiger partial charge in [0.15, 0.2) is 0 Å². The van der Waals surface area contributed by atoms with Gasteiger partial charge >= 0.3 is 0 Å². The first-order valence-corrected chi connectivity index (χ1v) is 7.33. The highest BCUT2D eigenvalue weighted by atomic mass is 15.2. The van der Waals surface area contributed by atoms with Gasteiger partial charge in [0.25, 0.3) is 0 Å². The monoisotopic (exact) mass is 225 g/mol. The first kappa shape index (κ1) is 14.0. The molecule has 0 amide bonds. The largest absolute Gasteiger partial charge is 0.300 e. The van der Waals surface area contributed by atoms with E-state index < -0.39 is 0 Å². The van der Waals surface area contributed by atoms with Crippen LogP contribution in [0.5, 0.6) is 0 Å². The zero-order chi connectivity index (χ0) is 12.2. The maximum absolute atomic E-state index is 2.77. The smallest absolute Gasteiger partial charge is 0.0128 e. The van der Waals surface area contributed by atoms with Gasteiger partial charge in [-0.05, 0) is 50.1 Å². The van der Waals surface area contributed by atoms with E-state index in [1.165, 1.54) is 45.2 Å². The van der Waals surface area contributed by atoms with Gasteiger partial charge < -0.3 is 4.90 Å². The summed E-state index contributed by atoms with van der Waals surface area (Å²) in [4.78, 5) is 2.77. The molecule has 0 aromatic carbocycles. The molecule has 0 N–H and O–H groups in total. The van der Waals surface area contributed by atoms with Gasteiger partial charge in [-0.1, -0.05) is 41.0 Å². The van der Waals surface area contributed by atoms with Crippen molar-refractivity contribution in [2.45, 2.75) is 72.8 Å². The molecule has 1 heteroatoms. The van der Waals surface area contributed by atoms with E-state index >= 15 is 0 Å². The summed E-state index contributed by atoms with van der Waals surface area (Å²) < 4.78 is 0. The van der Waals surface area contributed by atoms with Crippen LogP contribution in [-0.2, 0) is 0 Å². The molecular weight excluding hydrogens is 194 g/mol. The van der Waals surface area contributed by atoms with E-state index in [1.807, 2.05) is 13.8 Å². The Morgan fingerprint density at radius 3 is 2.12 bits per heavy atom. The van der Waals surface area contributed by atoms with Crippen molar-refractivity contribution in [1.82, 2.24) is 4.90 Å². The van der Waals surface area contributed by atoms with Crippen molar-refractivity contribution in [3.8, 4) is 0 Å². The Bertz CT molecular complexity index is 190. The maximum atomic E-state index is 2.77. The highest BCUT2D eigenvalue weighted by Crippen LogP contribution is 2.40. The van der Waals surface area contributed by atoms with Crippen molar-refractivity contribution in [2.75, 3.05) is 13.1 Å². The van der Waals surface area contributed by atoms with Gasteiger partial charge in [-0.25, -0.2) is 0 Å². The average Bonchev–Trinajstić information content (AvgIpc) is 2.30. The van der Waals surface area contributed by atoms with Crippen LogP contribution in [0.2, 0.25) is 0 Å². The van der Waals surface area contributed by atoms with Crippen LogP contribution in [0.3, 0.4) is 0 Å². The van der Waals surface area contributed by atoms with Crippen LogP contribution in [0.25, 0.3) is 0 Å². The normalized spacial score (nSPS) is 31.3. The minimum atomic E-state index is 0.515. The quantitative estimate of drug-likeness (QED) is 0.593. The average molecular weight is 225 g/mol. The van der Waals surface area contributed by atoms with Crippen molar-refractivity contribution in [3.05, 3.63) is 0 Å². The number of fused-ring (bicyclic) bond motifs is 1. The van der Waals surface area contributed by atoms with Crippen LogP contribution in [0.15, 0.2) is 0 Å². The van der Waals surface area contributed by atoms with Crippen LogP contribution in [0.1, 0.15) is 66.7 Å². The van der Waals surface area contributed by atoms with Gasteiger partial charge in [-0.3, -0.25) is 0 Å². The molecule has 1 nitrogen and oxygen atoms in total. The highest BCUT2D eigenvalue weighted by Gasteiger charge is 2.38. The number of rotatable bonds is 0. The Morgan fingerprint density at radius 2 is 1.50 bits per heavy atom. The van der Waals surface area contributed by atoms with Crippen LogP contribution >= 0.6 is 0 Å². The summed E-state index contributed by atoms with van der Waals surface area (Å²) in [5.74, 6) is 0.941. The van der Waals surface area contributed by atoms with Crippen LogP contribution in [-0.4, -0.2) is 24.0 Å². The van der Waals surface area contributed by atoms with Gasteiger partial charge in [-0.15, -0.1) is 0 Å². The second kappa shape index (κ2) is 6.05. The first-order chi connectivity index (χ1) is 7.59. The molecule has 2 rings (SSSR count). The summed E-state index contributed by atoms with van der Waals surface area (Å²) in [5, 5.41) is 0. The van der Waals surface area contributed by atoms with Crippen LogP contribution < -0.4 is 0 Å². The molecule has 0 aromatic heterocycles. The van der Waals surface area contributed by atoms with E-state index in [9.17, 15) is 0 Å². The Hall–Kier alpha value is -0.0400. The van der Waals surface area contributed by atoms with Gasteiger partial charge in [0.05, 0.1) is 0 Å². The fourth-order valence-corrected chi connectivity index (χ4v) is 3.47. The van der Waals surface area contributed by atoms with Crippen LogP contribution in [0.4, 0.5) is 0 Å². The molecule has 0 spiro atoms. The fourth-order valence-electron chi connectivity index (χ4n) is 3.47. The Balaban J connectivity index is 0.000000606. The van der Waals surface area contributed by atoms with E-state index in [0.717, 1.165) is 12.0 Å². The minimum absolute atomic E-state index is 0.515. The molecule has 2 fully saturated rings. The third-order valence-electron chi connectivity index (χ3n) is 4.20. The lowest BCUT2D eigenvalue weighted by Gasteiger charge is -2.49. The van der Waals surface area contributed by atoms with E-state index in [4.69, 9.17) is 0 Å². The van der Waals surface area contributed by atoms with Crippen molar-refractivity contribution in [2.24, 2.45) is 11.3 Å². The van der Waals surface area contributed by atoms with Gasteiger partial charge in [-0.2, -0.15) is 0 Å². The molecule has 2 saturated heterocycles. The molecule has 0 saturated carbocycles. The lowest BCUT2D eigenvalue weighted by atomic mass is 9.69. The van der Waals surface area contributed by atoms with Crippen LogP contribution in [0, 0.1) is 11.3 Å². The summed E-state index contributed by atoms with van der Waals surface area (Å²) in [5.41, 5.74) is 0.515. The summed E-state index contributed by atoms with van der Waals surface area (Å²) in [7, 11) is 0. The topological polar surface area (TPSA) is 3.24 Å². The molecule has 0 bridgehead atoms. The molecule has 2 aliphatic rings. The number of piperidine rings is 2. The molecule has 16 heavy (non-hydrogen) atoms. The zero-order valence-electron chi connectivity index (χ0n) is 12.1. The summed E-state index contributed by atoms with van der Waals surface area (Å²) in [6.45, 7) is 14.0. The molecule has 2 heterocycles. The minimum Gasteiger partial charge on any atom is -0.300 e. The second-order valence-corrected chi connectivity index (χ2v) is 6.21. The SMILES string of the molecule is CC.CC(C)(C)C1CCCN2CCCCC12. The van der Waals surface area contributed by atoms with Gasteiger partial charge in [0.1, 0.15) is 0 Å². The predicted octanol–water partition coefficient (Wildman–Crippen LogP) is 4.32. The molecule has 2 atom stereocenters. The molecule has 0 radical (unpaired) electrons. The Labute approximate surface area is 103 Å². The molecule has 0 aliphatic carbocycles. The second-order valence-electron chi connectivity index (χ2n) is 6.21. The van der Waals surface area contributed by atoms with E-state index in [1.54, 1.807) is 0 Å². The van der Waals surface area contributed by atoms with E-state index in [2.05, 4.69) is 25.7 Å². The lowest BCUT2D eigenvalue weighted by Crippen LogP contribution is -2.51. The molecule has 96 valence electrons. The number of hydrogen-bond donors (Lipinski definition) is 0.